The fourth-order valence-corrected chi connectivity index (χ4v) is 4.41. The smallest absolute Gasteiger partial charge is 0.326 e. The van der Waals surface area contributed by atoms with Gasteiger partial charge in [-0.3, -0.25) is 24.0 Å². The van der Waals surface area contributed by atoms with Crippen molar-refractivity contribution in [3.8, 4) is 0 Å². The Labute approximate surface area is 239 Å². The molecule has 0 aromatic heterocycles. The summed E-state index contributed by atoms with van der Waals surface area (Å²) in [5.74, 6) is -4.28. The Morgan fingerprint density at radius 2 is 1.39 bits per heavy atom. The fourth-order valence-electron chi connectivity index (χ4n) is 4.41. The van der Waals surface area contributed by atoms with E-state index in [-0.39, 0.29) is 56.3 Å². The number of hydrogen-bond acceptors (Lipinski definition) is 7. The number of primary amides is 1. The molecule has 0 heterocycles. The molecule has 0 fully saturated rings. The average molecular weight is 578 g/mol. The molecule has 1 rings (SSSR count). The van der Waals surface area contributed by atoms with Crippen molar-refractivity contribution < 1.29 is 39.0 Å². The number of benzene rings is 1. The second-order valence-electron chi connectivity index (χ2n) is 10.5. The Morgan fingerprint density at radius 3 is 1.98 bits per heavy atom. The first kappa shape index (κ1) is 34.9. The number of carboxylic acid groups (broad SMARTS) is 2. The van der Waals surface area contributed by atoms with Crippen LogP contribution in [0.25, 0.3) is 0 Å². The molecule has 2 unspecified atom stereocenters. The SMILES string of the molecule is CC(CC(=O)O)CC(C)CC(=O)N[C@@H](CCCC(=O)N[C@@H](CCCCNC(=O)c1ccc(N)cc1)C(N)=O)C(=O)O. The lowest BCUT2D eigenvalue weighted by Gasteiger charge is -2.19. The van der Waals surface area contributed by atoms with Crippen molar-refractivity contribution in [1.82, 2.24) is 16.0 Å². The van der Waals surface area contributed by atoms with Crippen LogP contribution in [-0.4, -0.2) is 64.4 Å². The molecule has 0 saturated heterocycles. The van der Waals surface area contributed by atoms with E-state index < -0.39 is 41.7 Å². The lowest BCUT2D eigenvalue weighted by molar-refractivity contribution is -0.142. The van der Waals surface area contributed by atoms with E-state index in [1.54, 1.807) is 38.1 Å². The van der Waals surface area contributed by atoms with E-state index in [4.69, 9.17) is 16.6 Å². The zero-order chi connectivity index (χ0) is 30.9. The summed E-state index contributed by atoms with van der Waals surface area (Å²) in [5, 5.41) is 26.1. The summed E-state index contributed by atoms with van der Waals surface area (Å²) in [4.78, 5) is 71.0. The summed E-state index contributed by atoms with van der Waals surface area (Å²) >= 11 is 0. The minimum absolute atomic E-state index is 0.00718. The van der Waals surface area contributed by atoms with Gasteiger partial charge in [-0.05, 0) is 74.6 Å². The molecule has 13 nitrogen and oxygen atoms in total. The van der Waals surface area contributed by atoms with Crippen LogP contribution in [0.2, 0.25) is 0 Å². The van der Waals surface area contributed by atoms with Crippen molar-refractivity contribution in [2.75, 3.05) is 12.3 Å². The predicted molar refractivity (Wildman–Crippen MR) is 151 cm³/mol. The molecule has 41 heavy (non-hydrogen) atoms. The van der Waals surface area contributed by atoms with Crippen LogP contribution in [0.1, 0.15) is 82.0 Å². The van der Waals surface area contributed by atoms with Gasteiger partial charge in [0.05, 0.1) is 0 Å². The minimum Gasteiger partial charge on any atom is -0.481 e. The number of anilines is 1. The van der Waals surface area contributed by atoms with Crippen LogP contribution in [0.5, 0.6) is 0 Å². The number of hydrogen-bond donors (Lipinski definition) is 7. The molecular weight excluding hydrogens is 534 g/mol. The first-order valence-electron chi connectivity index (χ1n) is 13.7. The van der Waals surface area contributed by atoms with Crippen LogP contribution in [0.15, 0.2) is 24.3 Å². The molecule has 0 aliphatic heterocycles. The highest BCUT2D eigenvalue weighted by Gasteiger charge is 2.23. The van der Waals surface area contributed by atoms with E-state index in [1.807, 2.05) is 0 Å². The fraction of sp³-hybridized carbons (Fsp3) is 0.571. The Morgan fingerprint density at radius 1 is 0.805 bits per heavy atom. The third-order valence-corrected chi connectivity index (χ3v) is 6.45. The van der Waals surface area contributed by atoms with Gasteiger partial charge in [-0.1, -0.05) is 13.8 Å². The molecule has 0 spiro atoms. The van der Waals surface area contributed by atoms with Crippen LogP contribution >= 0.6 is 0 Å². The Hall–Kier alpha value is -4.16. The molecule has 0 aliphatic carbocycles. The molecule has 1 aromatic carbocycles. The van der Waals surface area contributed by atoms with Gasteiger partial charge in [-0.15, -0.1) is 0 Å². The third-order valence-electron chi connectivity index (χ3n) is 6.45. The molecule has 0 bridgehead atoms. The normalized spacial score (nSPS) is 13.7. The molecule has 228 valence electrons. The summed E-state index contributed by atoms with van der Waals surface area (Å²) in [6.45, 7) is 3.94. The number of aliphatic carboxylic acids is 2. The molecule has 13 heteroatoms. The molecule has 0 saturated carbocycles. The van der Waals surface area contributed by atoms with Gasteiger partial charge in [0.2, 0.25) is 17.7 Å². The van der Waals surface area contributed by atoms with E-state index >= 15 is 0 Å². The first-order valence-corrected chi connectivity index (χ1v) is 13.7. The van der Waals surface area contributed by atoms with Crippen molar-refractivity contribution in [1.29, 1.82) is 0 Å². The lowest BCUT2D eigenvalue weighted by Crippen LogP contribution is -2.44. The molecular formula is C28H43N5O8. The molecule has 4 atom stereocenters. The highest BCUT2D eigenvalue weighted by Crippen LogP contribution is 2.18. The summed E-state index contributed by atoms with van der Waals surface area (Å²) in [6.07, 6.45) is 1.99. The van der Waals surface area contributed by atoms with Gasteiger partial charge < -0.3 is 37.6 Å². The number of nitrogen functional groups attached to an aromatic ring is 1. The summed E-state index contributed by atoms with van der Waals surface area (Å²) in [7, 11) is 0. The quantitative estimate of drug-likeness (QED) is 0.0875. The second-order valence-corrected chi connectivity index (χ2v) is 10.5. The Bertz CT molecular complexity index is 1050. The number of amides is 4. The van der Waals surface area contributed by atoms with Gasteiger partial charge in [0.15, 0.2) is 0 Å². The Balaban J connectivity index is 2.38. The maximum atomic E-state index is 12.4. The third kappa shape index (κ3) is 15.3. The van der Waals surface area contributed by atoms with Gasteiger partial charge in [0.25, 0.3) is 5.91 Å². The predicted octanol–water partition coefficient (Wildman–Crippen LogP) is 1.41. The van der Waals surface area contributed by atoms with Gasteiger partial charge in [-0.2, -0.15) is 0 Å². The van der Waals surface area contributed by atoms with Crippen LogP contribution in [0.3, 0.4) is 0 Å². The van der Waals surface area contributed by atoms with Gasteiger partial charge >= 0.3 is 11.9 Å². The van der Waals surface area contributed by atoms with Crippen molar-refractivity contribution >= 4 is 41.3 Å². The standard InChI is InChI=1S/C28H43N5O8/c1-17(14-18(2)16-25(36)37)15-24(35)33-22(28(40)41)7-5-8-23(34)32-21(26(30)38)6-3-4-13-31-27(39)19-9-11-20(29)12-10-19/h9-12,17-18,21-22H,3-8,13-16,29H2,1-2H3,(H2,30,38)(H,31,39)(H,32,34)(H,33,35)(H,36,37)(H,40,41)/t17?,18?,21-,22-/m0/s1. The zero-order valence-corrected chi connectivity index (χ0v) is 23.7. The number of carbonyl (C=O) groups is 6. The average Bonchev–Trinajstić information content (AvgIpc) is 2.86. The molecule has 4 amide bonds. The van der Waals surface area contributed by atoms with Crippen molar-refractivity contribution in [3.05, 3.63) is 29.8 Å². The number of unbranched alkanes of at least 4 members (excludes halogenated alkanes) is 1. The summed E-state index contributed by atoms with van der Waals surface area (Å²) in [5.41, 5.74) is 12.0. The van der Waals surface area contributed by atoms with Crippen LogP contribution in [0, 0.1) is 11.8 Å². The number of rotatable bonds is 20. The van der Waals surface area contributed by atoms with Gasteiger partial charge in [0.1, 0.15) is 12.1 Å². The molecule has 0 radical (unpaired) electrons. The van der Waals surface area contributed by atoms with E-state index in [9.17, 15) is 33.9 Å². The highest BCUT2D eigenvalue weighted by atomic mass is 16.4. The largest absolute Gasteiger partial charge is 0.481 e. The molecule has 9 N–H and O–H groups in total. The topological polar surface area (TPSA) is 231 Å². The maximum absolute atomic E-state index is 12.4. The van der Waals surface area contributed by atoms with Crippen molar-refractivity contribution in [2.24, 2.45) is 17.6 Å². The number of nitrogens with one attached hydrogen (secondary N) is 3. The van der Waals surface area contributed by atoms with E-state index in [0.29, 0.717) is 37.1 Å². The van der Waals surface area contributed by atoms with E-state index in [0.717, 1.165) is 0 Å². The van der Waals surface area contributed by atoms with E-state index in [1.165, 1.54) is 0 Å². The number of carboxylic acids is 2. The Kier molecular flexibility index (Phi) is 15.5. The van der Waals surface area contributed by atoms with Crippen LogP contribution in [0.4, 0.5) is 5.69 Å². The van der Waals surface area contributed by atoms with Crippen LogP contribution < -0.4 is 27.4 Å². The first-order chi connectivity index (χ1) is 19.3. The van der Waals surface area contributed by atoms with Gasteiger partial charge in [-0.25, -0.2) is 4.79 Å². The summed E-state index contributed by atoms with van der Waals surface area (Å²) in [6, 6.07) is 4.39. The maximum Gasteiger partial charge on any atom is 0.326 e. The molecule has 0 aliphatic rings. The van der Waals surface area contributed by atoms with Crippen molar-refractivity contribution in [2.45, 2.75) is 83.7 Å². The zero-order valence-electron chi connectivity index (χ0n) is 23.7. The second kappa shape index (κ2) is 18.2. The number of carbonyl (C=O) groups excluding carboxylic acids is 4. The van der Waals surface area contributed by atoms with Crippen molar-refractivity contribution in [3.63, 3.8) is 0 Å². The van der Waals surface area contributed by atoms with Gasteiger partial charge in [0, 0.05) is 37.1 Å². The highest BCUT2D eigenvalue weighted by molar-refractivity contribution is 5.94. The van der Waals surface area contributed by atoms with Crippen LogP contribution in [-0.2, 0) is 24.0 Å². The lowest BCUT2D eigenvalue weighted by atomic mass is 9.92. The van der Waals surface area contributed by atoms with E-state index in [2.05, 4.69) is 16.0 Å². The minimum atomic E-state index is -1.23. The number of nitrogens with two attached hydrogens (primary N) is 2. The molecule has 1 aromatic rings. The monoisotopic (exact) mass is 577 g/mol. The summed E-state index contributed by atoms with van der Waals surface area (Å²) < 4.78 is 0.